The molecule has 0 spiro atoms. The quantitative estimate of drug-likeness (QED) is 0.146. The minimum Gasteiger partial charge on any atom is -0.493 e. The fourth-order valence-electron chi connectivity index (χ4n) is 4.56. The van der Waals surface area contributed by atoms with E-state index in [0.29, 0.717) is 38.3 Å². The molecule has 1 aliphatic rings. The summed E-state index contributed by atoms with van der Waals surface area (Å²) in [6.07, 6.45) is 8.06. The zero-order valence-electron chi connectivity index (χ0n) is 20.5. The van der Waals surface area contributed by atoms with Gasteiger partial charge in [0.2, 0.25) is 5.88 Å². The molecule has 0 radical (unpaired) electrons. The maximum atomic E-state index is 13.4. The smallest absolute Gasteiger partial charge is 0.287 e. The Morgan fingerprint density at radius 2 is 1.95 bits per heavy atom. The number of fused-ring (bicyclic) bond motifs is 1. The monoisotopic (exact) mass is 577 g/mol. The lowest BCUT2D eigenvalue weighted by Crippen LogP contribution is -2.25. The molecule has 10 nitrogen and oxygen atoms in total. The Hall–Kier alpha value is -4.12. The molecule has 194 valence electrons. The van der Waals surface area contributed by atoms with Gasteiger partial charge in [-0.25, -0.2) is 9.97 Å². The van der Waals surface area contributed by atoms with E-state index in [0.717, 1.165) is 31.9 Å². The Morgan fingerprint density at radius 3 is 2.66 bits per heavy atom. The maximum absolute atomic E-state index is 13.4. The van der Waals surface area contributed by atoms with E-state index in [-0.39, 0.29) is 23.0 Å². The highest BCUT2D eigenvalue weighted by Gasteiger charge is 2.22. The van der Waals surface area contributed by atoms with Crippen molar-refractivity contribution in [3.05, 3.63) is 91.1 Å². The van der Waals surface area contributed by atoms with Gasteiger partial charge in [-0.1, -0.05) is 31.4 Å². The molecule has 2 heterocycles. The van der Waals surface area contributed by atoms with Crippen LogP contribution in [-0.4, -0.2) is 32.9 Å². The number of ether oxygens (including phenoxy) is 2. The zero-order chi connectivity index (χ0) is 26.6. The van der Waals surface area contributed by atoms with Gasteiger partial charge in [-0.2, -0.15) is 9.78 Å². The Balaban J connectivity index is 1.50. The first-order valence-electron chi connectivity index (χ1n) is 12.2. The summed E-state index contributed by atoms with van der Waals surface area (Å²) >= 11 is 3.50. The van der Waals surface area contributed by atoms with E-state index in [1.165, 1.54) is 30.3 Å². The Kier molecular flexibility index (Phi) is 7.45. The summed E-state index contributed by atoms with van der Waals surface area (Å²) in [6.45, 7) is 0. The Morgan fingerprint density at radius 1 is 1.16 bits per heavy atom. The van der Waals surface area contributed by atoms with Crippen molar-refractivity contribution in [2.75, 3.05) is 7.11 Å². The summed E-state index contributed by atoms with van der Waals surface area (Å²) in [6, 6.07) is 13.5. The third kappa shape index (κ3) is 5.28. The highest BCUT2D eigenvalue weighted by Crippen LogP contribution is 2.39. The van der Waals surface area contributed by atoms with Crippen LogP contribution in [0.4, 0.5) is 5.69 Å². The molecular weight excluding hydrogens is 554 g/mol. The zero-order valence-corrected chi connectivity index (χ0v) is 22.1. The fraction of sp³-hybridized carbons (Fsp3) is 0.259. The van der Waals surface area contributed by atoms with Crippen LogP contribution in [0.3, 0.4) is 0 Å². The standard InChI is InChI=1S/C27H24BrN5O5/c1-37-23-14-17(13-21(28)25(23)38-24-12-11-19(16-29-24)33(35)36)15-30-32-26(18-7-3-2-4-8-18)31-22-10-6-5-9-20(22)27(32)34/h5-6,9-16,18H,2-4,7-8H2,1H3. The second-order valence-corrected chi connectivity index (χ2v) is 9.79. The molecule has 0 saturated heterocycles. The first kappa shape index (κ1) is 25.5. The number of hydrogen-bond donors (Lipinski definition) is 0. The molecule has 1 saturated carbocycles. The highest BCUT2D eigenvalue weighted by atomic mass is 79.9. The SMILES string of the molecule is COc1cc(C=Nn2c(C3CCCCC3)nc3ccccc3c2=O)cc(Br)c1Oc1ccc([N+](=O)[O-])cn1. The summed E-state index contributed by atoms with van der Waals surface area (Å²) < 4.78 is 13.3. The van der Waals surface area contributed by atoms with Crippen LogP contribution in [0.1, 0.15) is 49.4 Å². The molecule has 0 unspecified atom stereocenters. The van der Waals surface area contributed by atoms with E-state index in [4.69, 9.17) is 14.5 Å². The summed E-state index contributed by atoms with van der Waals surface area (Å²) in [5.74, 6) is 1.75. The van der Waals surface area contributed by atoms with Gasteiger partial charge in [-0.3, -0.25) is 14.9 Å². The van der Waals surface area contributed by atoms with Crippen molar-refractivity contribution in [1.82, 2.24) is 14.6 Å². The Labute approximate surface area is 226 Å². The lowest BCUT2D eigenvalue weighted by molar-refractivity contribution is -0.385. The van der Waals surface area contributed by atoms with Crippen molar-refractivity contribution in [3.63, 3.8) is 0 Å². The predicted molar refractivity (Wildman–Crippen MR) is 146 cm³/mol. The molecule has 5 rings (SSSR count). The minimum absolute atomic E-state index is 0.138. The van der Waals surface area contributed by atoms with Gasteiger partial charge in [0.15, 0.2) is 11.5 Å². The number of rotatable bonds is 7. The summed E-state index contributed by atoms with van der Waals surface area (Å²) in [5, 5.41) is 16.0. The van der Waals surface area contributed by atoms with Crippen LogP contribution in [0, 0.1) is 10.1 Å². The lowest BCUT2D eigenvalue weighted by Gasteiger charge is -2.22. The van der Waals surface area contributed by atoms with E-state index in [9.17, 15) is 14.9 Å². The van der Waals surface area contributed by atoms with Crippen LogP contribution < -0.4 is 15.0 Å². The van der Waals surface area contributed by atoms with E-state index >= 15 is 0 Å². The molecule has 2 aromatic carbocycles. The fourth-order valence-corrected chi connectivity index (χ4v) is 5.10. The number of para-hydroxylation sites is 1. The average Bonchev–Trinajstić information content (AvgIpc) is 2.94. The molecule has 11 heteroatoms. The molecular formula is C27H24BrN5O5. The Bertz CT molecular complexity index is 1580. The number of hydrogen-bond acceptors (Lipinski definition) is 8. The van der Waals surface area contributed by atoms with Gasteiger partial charge < -0.3 is 9.47 Å². The van der Waals surface area contributed by atoms with Crippen molar-refractivity contribution >= 4 is 38.7 Å². The normalized spacial score (nSPS) is 14.2. The van der Waals surface area contributed by atoms with Crippen molar-refractivity contribution < 1.29 is 14.4 Å². The first-order chi connectivity index (χ1) is 18.4. The molecule has 0 atom stereocenters. The van der Waals surface area contributed by atoms with Gasteiger partial charge in [0.1, 0.15) is 12.0 Å². The number of pyridine rings is 1. The van der Waals surface area contributed by atoms with Crippen LogP contribution in [0.5, 0.6) is 17.4 Å². The molecule has 0 N–H and O–H groups in total. The van der Waals surface area contributed by atoms with Crippen LogP contribution >= 0.6 is 15.9 Å². The van der Waals surface area contributed by atoms with E-state index < -0.39 is 4.92 Å². The van der Waals surface area contributed by atoms with Crippen LogP contribution in [0.2, 0.25) is 0 Å². The third-order valence-electron chi connectivity index (χ3n) is 6.46. The molecule has 1 fully saturated rings. The van der Waals surface area contributed by atoms with Crippen molar-refractivity contribution in [3.8, 4) is 17.4 Å². The van der Waals surface area contributed by atoms with Crippen molar-refractivity contribution in [2.24, 2.45) is 5.10 Å². The second-order valence-electron chi connectivity index (χ2n) is 8.93. The first-order valence-corrected chi connectivity index (χ1v) is 13.0. The molecule has 0 amide bonds. The van der Waals surface area contributed by atoms with E-state index in [2.05, 4.69) is 26.0 Å². The predicted octanol–water partition coefficient (Wildman–Crippen LogP) is 6.19. The molecule has 4 aromatic rings. The number of aromatic nitrogens is 3. The maximum Gasteiger partial charge on any atom is 0.287 e. The third-order valence-corrected chi connectivity index (χ3v) is 7.05. The minimum atomic E-state index is -0.530. The number of benzene rings is 2. The van der Waals surface area contributed by atoms with Crippen LogP contribution in [-0.2, 0) is 0 Å². The molecule has 0 aliphatic heterocycles. The van der Waals surface area contributed by atoms with Crippen LogP contribution in [0.15, 0.2) is 69.1 Å². The number of methoxy groups -OCH3 is 1. The highest BCUT2D eigenvalue weighted by molar-refractivity contribution is 9.10. The molecule has 38 heavy (non-hydrogen) atoms. The van der Waals surface area contributed by atoms with Crippen LogP contribution in [0.25, 0.3) is 10.9 Å². The number of halogens is 1. The molecule has 2 aromatic heterocycles. The van der Waals surface area contributed by atoms with Crippen molar-refractivity contribution in [1.29, 1.82) is 0 Å². The topological polar surface area (TPSA) is 122 Å². The van der Waals surface area contributed by atoms with Gasteiger partial charge in [-0.15, -0.1) is 0 Å². The number of nitrogens with zero attached hydrogens (tertiary/aromatic N) is 5. The molecule has 0 bridgehead atoms. The van der Waals surface area contributed by atoms with E-state index in [1.807, 2.05) is 18.2 Å². The van der Waals surface area contributed by atoms with E-state index in [1.54, 1.807) is 24.4 Å². The summed E-state index contributed by atoms with van der Waals surface area (Å²) in [5.41, 5.74) is 0.992. The average molecular weight is 578 g/mol. The van der Waals surface area contributed by atoms with Gasteiger partial charge >= 0.3 is 0 Å². The lowest BCUT2D eigenvalue weighted by atomic mass is 9.88. The van der Waals surface area contributed by atoms with Gasteiger partial charge in [0.25, 0.3) is 11.2 Å². The molecule has 1 aliphatic carbocycles. The summed E-state index contributed by atoms with van der Waals surface area (Å²) in [7, 11) is 1.50. The van der Waals surface area contributed by atoms with Gasteiger partial charge in [0.05, 0.1) is 33.6 Å². The van der Waals surface area contributed by atoms with Gasteiger partial charge in [-0.05, 0) is 58.6 Å². The van der Waals surface area contributed by atoms with Gasteiger partial charge in [0, 0.05) is 18.1 Å². The largest absolute Gasteiger partial charge is 0.493 e. The second kappa shape index (κ2) is 11.1. The van der Waals surface area contributed by atoms with Crippen molar-refractivity contribution in [2.45, 2.75) is 38.0 Å². The summed E-state index contributed by atoms with van der Waals surface area (Å²) in [4.78, 5) is 32.6. The number of nitro groups is 1.